The van der Waals surface area contributed by atoms with Crippen LogP contribution in [0, 0.1) is 0 Å². The van der Waals surface area contributed by atoms with Crippen molar-refractivity contribution >= 4 is 28.9 Å². The second-order valence-corrected chi connectivity index (χ2v) is 6.48. The molecule has 1 aliphatic rings. The molecule has 1 aromatic rings. The number of benzene rings is 1. The minimum Gasteiger partial charge on any atom is -0.368 e. The second kappa shape index (κ2) is 20.9. The Balaban J connectivity index is 0. The molecule has 0 aromatic heterocycles. The van der Waals surface area contributed by atoms with E-state index in [-0.39, 0.29) is 0 Å². The van der Waals surface area contributed by atoms with Crippen molar-refractivity contribution in [1.82, 2.24) is 15.8 Å². The summed E-state index contributed by atoms with van der Waals surface area (Å²) in [5.41, 5.74) is 11.6. The minimum atomic E-state index is 0.633. The molecule has 7 heteroatoms. The van der Waals surface area contributed by atoms with E-state index in [1.165, 1.54) is 26.4 Å². The molecule has 2 rings (SSSR count). The molecule has 1 aromatic carbocycles. The Hall–Kier alpha value is -0.820. The molecule has 0 bridgehead atoms. The first-order valence-corrected chi connectivity index (χ1v) is 10.8. The van der Waals surface area contributed by atoms with Crippen LogP contribution in [0.2, 0.25) is 10.0 Å². The Morgan fingerprint density at radius 2 is 1.68 bits per heavy atom. The van der Waals surface area contributed by atoms with Gasteiger partial charge < -0.3 is 10.6 Å². The van der Waals surface area contributed by atoms with Gasteiger partial charge >= 0.3 is 0 Å². The van der Waals surface area contributed by atoms with Crippen LogP contribution >= 0.6 is 23.2 Å². The zero-order chi connectivity index (χ0) is 21.8. The molecule has 4 N–H and O–H groups in total. The van der Waals surface area contributed by atoms with Gasteiger partial charge in [0.05, 0.1) is 15.7 Å². The van der Waals surface area contributed by atoms with Gasteiger partial charge in [0, 0.05) is 32.7 Å². The topological polar surface area (TPSA) is 56.6 Å². The fourth-order valence-corrected chi connectivity index (χ4v) is 3.04. The quantitative estimate of drug-likeness (QED) is 0.337. The molecule has 164 valence electrons. The molecular formula is C21H41Cl2N5. The minimum absolute atomic E-state index is 0.633. The van der Waals surface area contributed by atoms with E-state index in [0.717, 1.165) is 38.4 Å². The van der Waals surface area contributed by atoms with Crippen molar-refractivity contribution in [2.24, 2.45) is 5.73 Å². The lowest BCUT2D eigenvalue weighted by Crippen LogP contribution is -2.46. The SMILES string of the molecule is C=CC.CC.CN.CNNCCCCN1CCN(c2cccc(Cl)c2Cl)CC1. The van der Waals surface area contributed by atoms with Crippen molar-refractivity contribution in [2.75, 3.05) is 58.3 Å². The van der Waals surface area contributed by atoms with E-state index in [0.29, 0.717) is 10.0 Å². The third-order valence-corrected chi connectivity index (χ3v) is 4.66. The van der Waals surface area contributed by atoms with Crippen molar-refractivity contribution in [3.8, 4) is 0 Å². The number of nitrogens with zero attached hydrogens (tertiary/aromatic N) is 2. The summed E-state index contributed by atoms with van der Waals surface area (Å²) in [7, 11) is 3.40. The van der Waals surface area contributed by atoms with Gasteiger partial charge in [-0.25, -0.2) is 0 Å². The third-order valence-electron chi connectivity index (χ3n) is 3.85. The Kier molecular flexibility index (Phi) is 21.9. The number of nitrogens with two attached hydrogens (primary N) is 1. The lowest BCUT2D eigenvalue weighted by Gasteiger charge is -2.36. The third kappa shape index (κ3) is 12.6. The number of halogens is 2. The van der Waals surface area contributed by atoms with Crippen LogP contribution in [0.25, 0.3) is 0 Å². The van der Waals surface area contributed by atoms with Gasteiger partial charge in [-0.2, -0.15) is 0 Å². The van der Waals surface area contributed by atoms with Gasteiger partial charge in [0.15, 0.2) is 0 Å². The first kappa shape index (κ1) is 29.4. The number of unbranched alkanes of at least 4 members (excludes halogenated alkanes) is 1. The largest absolute Gasteiger partial charge is 0.368 e. The molecule has 0 radical (unpaired) electrons. The first-order chi connectivity index (χ1) is 13.6. The summed E-state index contributed by atoms with van der Waals surface area (Å²) in [6.45, 7) is 15.6. The highest BCUT2D eigenvalue weighted by atomic mass is 35.5. The summed E-state index contributed by atoms with van der Waals surface area (Å²) in [6, 6.07) is 5.85. The molecule has 28 heavy (non-hydrogen) atoms. The van der Waals surface area contributed by atoms with Crippen LogP contribution in [0.4, 0.5) is 5.69 Å². The zero-order valence-corrected chi connectivity index (χ0v) is 19.9. The van der Waals surface area contributed by atoms with Gasteiger partial charge in [0.2, 0.25) is 0 Å². The summed E-state index contributed by atoms with van der Waals surface area (Å²) in [6.07, 6.45) is 4.17. The zero-order valence-electron chi connectivity index (χ0n) is 18.4. The van der Waals surface area contributed by atoms with Crippen LogP contribution in [-0.2, 0) is 0 Å². The van der Waals surface area contributed by atoms with E-state index in [2.05, 4.69) is 33.0 Å². The fraction of sp³-hybridized carbons (Fsp3) is 0.619. The van der Waals surface area contributed by atoms with Crippen molar-refractivity contribution in [3.05, 3.63) is 40.9 Å². The lowest BCUT2D eigenvalue weighted by atomic mass is 10.2. The molecule has 0 aliphatic carbocycles. The predicted molar refractivity (Wildman–Crippen MR) is 129 cm³/mol. The second-order valence-electron chi connectivity index (χ2n) is 5.69. The number of allylic oxidation sites excluding steroid dienone is 1. The first-order valence-electron chi connectivity index (χ1n) is 10.1. The Bertz CT molecular complexity index is 478. The summed E-state index contributed by atoms with van der Waals surface area (Å²) < 4.78 is 0. The number of rotatable bonds is 7. The van der Waals surface area contributed by atoms with Gasteiger partial charge in [-0.3, -0.25) is 15.8 Å². The van der Waals surface area contributed by atoms with Gasteiger partial charge in [-0.1, -0.05) is 49.2 Å². The normalized spacial score (nSPS) is 13.2. The van der Waals surface area contributed by atoms with E-state index in [4.69, 9.17) is 23.2 Å². The molecule has 1 fully saturated rings. The Labute approximate surface area is 183 Å². The van der Waals surface area contributed by atoms with Crippen molar-refractivity contribution in [1.29, 1.82) is 0 Å². The summed E-state index contributed by atoms with van der Waals surface area (Å²) in [5, 5.41) is 1.30. The highest BCUT2D eigenvalue weighted by Crippen LogP contribution is 2.32. The average molecular weight is 435 g/mol. The maximum atomic E-state index is 6.29. The molecule has 0 saturated carbocycles. The fourth-order valence-electron chi connectivity index (χ4n) is 2.62. The van der Waals surface area contributed by atoms with E-state index in [9.17, 15) is 0 Å². The molecule has 0 spiro atoms. The summed E-state index contributed by atoms with van der Waals surface area (Å²) >= 11 is 12.4. The van der Waals surface area contributed by atoms with Crippen LogP contribution < -0.4 is 21.5 Å². The predicted octanol–water partition coefficient (Wildman–Crippen LogP) is 4.41. The van der Waals surface area contributed by atoms with Gasteiger partial charge in [0.25, 0.3) is 0 Å². The summed E-state index contributed by atoms with van der Waals surface area (Å²) in [5.74, 6) is 0. The van der Waals surface area contributed by atoms with Crippen molar-refractivity contribution in [2.45, 2.75) is 33.6 Å². The molecule has 1 heterocycles. The van der Waals surface area contributed by atoms with Gasteiger partial charge in [-0.05, 0) is 52.5 Å². The number of piperazine rings is 1. The molecule has 0 amide bonds. The van der Waals surface area contributed by atoms with E-state index in [1.807, 2.05) is 46.0 Å². The number of nitrogens with one attached hydrogen (secondary N) is 2. The molecule has 5 nitrogen and oxygen atoms in total. The number of hydrazine groups is 1. The number of hydrogen-bond acceptors (Lipinski definition) is 5. The van der Waals surface area contributed by atoms with E-state index < -0.39 is 0 Å². The maximum Gasteiger partial charge on any atom is 0.0825 e. The molecule has 0 unspecified atom stereocenters. The van der Waals surface area contributed by atoms with E-state index in [1.54, 1.807) is 6.08 Å². The highest BCUT2D eigenvalue weighted by Gasteiger charge is 2.19. The molecule has 1 saturated heterocycles. The van der Waals surface area contributed by atoms with Crippen LogP contribution in [0.3, 0.4) is 0 Å². The average Bonchev–Trinajstić information content (AvgIpc) is 2.74. The van der Waals surface area contributed by atoms with Crippen LogP contribution in [-0.4, -0.2) is 58.3 Å². The highest BCUT2D eigenvalue weighted by molar-refractivity contribution is 6.43. The van der Waals surface area contributed by atoms with Crippen LogP contribution in [0.5, 0.6) is 0 Å². The van der Waals surface area contributed by atoms with Gasteiger partial charge in [0.1, 0.15) is 0 Å². The summed E-state index contributed by atoms with van der Waals surface area (Å²) in [4.78, 5) is 4.85. The van der Waals surface area contributed by atoms with E-state index >= 15 is 0 Å². The monoisotopic (exact) mass is 433 g/mol. The standard InChI is InChI=1S/C15H24Cl2N4.C3H6.C2H6.CH5N/c1-18-19-7-2-3-8-20-9-11-21(12-10-20)14-6-4-5-13(16)15(14)17;1-3-2;2*1-2/h4-6,18-19H,2-3,7-12H2,1H3;3H,1H2,2H3;1-2H3;2H2,1H3. The van der Waals surface area contributed by atoms with Crippen LogP contribution in [0.1, 0.15) is 33.6 Å². The van der Waals surface area contributed by atoms with Crippen molar-refractivity contribution < 1.29 is 0 Å². The van der Waals surface area contributed by atoms with Crippen LogP contribution in [0.15, 0.2) is 30.9 Å². The Morgan fingerprint density at radius 3 is 2.21 bits per heavy atom. The smallest absolute Gasteiger partial charge is 0.0825 e. The Morgan fingerprint density at radius 1 is 1.11 bits per heavy atom. The van der Waals surface area contributed by atoms with Crippen molar-refractivity contribution in [3.63, 3.8) is 0 Å². The molecular weight excluding hydrogens is 393 g/mol. The lowest BCUT2D eigenvalue weighted by molar-refractivity contribution is 0.252. The maximum absolute atomic E-state index is 6.29. The van der Waals surface area contributed by atoms with Gasteiger partial charge in [-0.15, -0.1) is 6.58 Å². The molecule has 1 aliphatic heterocycles. The molecule has 0 atom stereocenters. The number of hydrogen-bond donors (Lipinski definition) is 3. The number of anilines is 1.